The summed E-state index contributed by atoms with van der Waals surface area (Å²) in [6.07, 6.45) is 0.995. The van der Waals surface area contributed by atoms with E-state index in [1.807, 2.05) is 44.2 Å². The zero-order valence-electron chi connectivity index (χ0n) is 9.27. The highest BCUT2D eigenvalue weighted by molar-refractivity contribution is 7.99. The Morgan fingerprint density at radius 1 is 1.27 bits per heavy atom. The van der Waals surface area contributed by atoms with Crippen LogP contribution in [0.2, 0.25) is 0 Å². The molecule has 84 valence electrons. The lowest BCUT2D eigenvalue weighted by Crippen LogP contribution is -1.94. The average molecular weight is 226 g/mol. The molecular formula is C12H18O2S. The first-order valence-electron chi connectivity index (χ1n) is 5.18. The van der Waals surface area contributed by atoms with Crippen molar-refractivity contribution in [2.24, 2.45) is 0 Å². The van der Waals surface area contributed by atoms with Gasteiger partial charge in [0.05, 0.1) is 0 Å². The zero-order valence-corrected chi connectivity index (χ0v) is 10.1. The molecule has 0 spiro atoms. The molecule has 3 heteroatoms. The van der Waals surface area contributed by atoms with Gasteiger partial charge in [0.15, 0.2) is 0 Å². The van der Waals surface area contributed by atoms with Crippen molar-refractivity contribution in [3.63, 3.8) is 0 Å². The fourth-order valence-electron chi connectivity index (χ4n) is 0.930. The maximum atomic E-state index is 10.2. The second-order valence-electron chi connectivity index (χ2n) is 2.66. The predicted octanol–water partition coefficient (Wildman–Crippen LogP) is 3.67. The number of carbonyl (C=O) groups is 1. The maximum absolute atomic E-state index is 10.2. The number of rotatable bonds is 5. The number of carboxylic acids is 1. The summed E-state index contributed by atoms with van der Waals surface area (Å²) < 4.78 is 0. The Hall–Kier alpha value is -0.960. The Morgan fingerprint density at radius 3 is 2.40 bits per heavy atom. The van der Waals surface area contributed by atoms with Gasteiger partial charge < -0.3 is 5.11 Å². The summed E-state index contributed by atoms with van der Waals surface area (Å²) in [5.41, 5.74) is 0. The highest BCUT2D eigenvalue weighted by Gasteiger charge is 1.97. The van der Waals surface area contributed by atoms with E-state index in [9.17, 15) is 4.79 Å². The summed E-state index contributed by atoms with van der Waals surface area (Å²) in [5.74, 6) is 0.157. The van der Waals surface area contributed by atoms with Crippen LogP contribution >= 0.6 is 11.8 Å². The third-order valence-corrected chi connectivity index (χ3v) is 2.65. The SMILES string of the molecule is CC.O=C(O)CCCSc1ccccc1. The number of aliphatic carboxylic acids is 1. The highest BCUT2D eigenvalue weighted by Crippen LogP contribution is 2.18. The van der Waals surface area contributed by atoms with Crippen molar-refractivity contribution in [2.75, 3.05) is 5.75 Å². The number of benzene rings is 1. The maximum Gasteiger partial charge on any atom is 0.303 e. The standard InChI is InChI=1S/C10H12O2S.C2H6/c11-10(12)7-4-8-13-9-5-2-1-3-6-9;1-2/h1-3,5-6H,4,7-8H2,(H,11,12);1-2H3. The van der Waals surface area contributed by atoms with Gasteiger partial charge in [0.25, 0.3) is 0 Å². The van der Waals surface area contributed by atoms with Crippen LogP contribution in [0.25, 0.3) is 0 Å². The Bertz CT molecular complexity index is 260. The minimum atomic E-state index is -0.714. The number of hydrogen-bond donors (Lipinski definition) is 1. The Labute approximate surface area is 95.7 Å². The zero-order chi connectivity index (χ0) is 11.5. The first-order chi connectivity index (χ1) is 7.29. The quantitative estimate of drug-likeness (QED) is 0.615. The first-order valence-corrected chi connectivity index (χ1v) is 6.17. The van der Waals surface area contributed by atoms with E-state index in [2.05, 4.69) is 0 Å². The van der Waals surface area contributed by atoms with Gasteiger partial charge >= 0.3 is 5.97 Å². The summed E-state index contributed by atoms with van der Waals surface area (Å²) in [7, 11) is 0. The van der Waals surface area contributed by atoms with E-state index in [-0.39, 0.29) is 6.42 Å². The molecule has 0 fully saturated rings. The van der Waals surface area contributed by atoms with Crippen molar-refractivity contribution in [3.05, 3.63) is 30.3 Å². The molecule has 0 saturated carbocycles. The summed E-state index contributed by atoms with van der Waals surface area (Å²) in [6, 6.07) is 10.0. The van der Waals surface area contributed by atoms with Crippen molar-refractivity contribution in [1.82, 2.24) is 0 Å². The third-order valence-electron chi connectivity index (χ3n) is 1.55. The van der Waals surface area contributed by atoms with Crippen molar-refractivity contribution in [1.29, 1.82) is 0 Å². The first kappa shape index (κ1) is 14.0. The predicted molar refractivity (Wildman–Crippen MR) is 65.4 cm³/mol. The van der Waals surface area contributed by atoms with Crippen LogP contribution in [-0.2, 0) is 4.79 Å². The van der Waals surface area contributed by atoms with E-state index in [1.165, 1.54) is 4.90 Å². The molecule has 0 radical (unpaired) electrons. The number of carboxylic acid groups (broad SMARTS) is 1. The molecule has 15 heavy (non-hydrogen) atoms. The summed E-state index contributed by atoms with van der Waals surface area (Å²) in [5, 5.41) is 8.40. The van der Waals surface area contributed by atoms with E-state index >= 15 is 0 Å². The molecule has 0 unspecified atom stereocenters. The lowest BCUT2D eigenvalue weighted by molar-refractivity contribution is -0.137. The van der Waals surface area contributed by atoms with Crippen LogP contribution in [0.15, 0.2) is 35.2 Å². The topological polar surface area (TPSA) is 37.3 Å². The molecule has 2 nitrogen and oxygen atoms in total. The van der Waals surface area contributed by atoms with Gasteiger partial charge in [-0.2, -0.15) is 0 Å². The average Bonchev–Trinajstić information content (AvgIpc) is 2.28. The van der Waals surface area contributed by atoms with Gasteiger partial charge in [0.2, 0.25) is 0 Å². The molecule has 0 atom stereocenters. The third kappa shape index (κ3) is 8.06. The van der Waals surface area contributed by atoms with Crippen molar-refractivity contribution in [3.8, 4) is 0 Å². The van der Waals surface area contributed by atoms with Crippen LogP contribution in [0.1, 0.15) is 26.7 Å². The van der Waals surface area contributed by atoms with E-state index in [0.717, 1.165) is 12.2 Å². The minimum absolute atomic E-state index is 0.264. The minimum Gasteiger partial charge on any atom is -0.481 e. The van der Waals surface area contributed by atoms with Crippen LogP contribution in [-0.4, -0.2) is 16.8 Å². The van der Waals surface area contributed by atoms with E-state index < -0.39 is 5.97 Å². The Morgan fingerprint density at radius 2 is 1.87 bits per heavy atom. The molecule has 0 amide bonds. The van der Waals surface area contributed by atoms with Crippen molar-refractivity contribution < 1.29 is 9.90 Å². The van der Waals surface area contributed by atoms with E-state index in [1.54, 1.807) is 11.8 Å². The van der Waals surface area contributed by atoms with Crippen molar-refractivity contribution in [2.45, 2.75) is 31.6 Å². The van der Waals surface area contributed by atoms with Gasteiger partial charge in [-0.1, -0.05) is 32.0 Å². The van der Waals surface area contributed by atoms with Gasteiger partial charge in [-0.25, -0.2) is 0 Å². The summed E-state index contributed by atoms with van der Waals surface area (Å²) >= 11 is 1.70. The second-order valence-corrected chi connectivity index (χ2v) is 3.83. The molecule has 1 aromatic rings. The van der Waals surface area contributed by atoms with Crippen molar-refractivity contribution >= 4 is 17.7 Å². The fourth-order valence-corrected chi connectivity index (χ4v) is 1.80. The molecule has 0 aromatic heterocycles. The monoisotopic (exact) mass is 226 g/mol. The van der Waals surface area contributed by atoms with Gasteiger partial charge in [-0.3, -0.25) is 4.79 Å². The highest BCUT2D eigenvalue weighted by atomic mass is 32.2. The molecule has 1 N–H and O–H groups in total. The molecule has 1 rings (SSSR count). The molecule has 0 saturated heterocycles. The molecule has 0 aliphatic carbocycles. The number of hydrogen-bond acceptors (Lipinski definition) is 2. The smallest absolute Gasteiger partial charge is 0.303 e. The number of thioether (sulfide) groups is 1. The van der Waals surface area contributed by atoms with Crippen LogP contribution in [0.5, 0.6) is 0 Å². The summed E-state index contributed by atoms with van der Waals surface area (Å²) in [4.78, 5) is 11.4. The van der Waals surface area contributed by atoms with Gasteiger partial charge in [-0.15, -0.1) is 11.8 Å². The van der Waals surface area contributed by atoms with Gasteiger partial charge in [0.1, 0.15) is 0 Å². The Balaban J connectivity index is 0.000000921. The normalized spacial score (nSPS) is 8.93. The van der Waals surface area contributed by atoms with Crippen LogP contribution in [0.3, 0.4) is 0 Å². The van der Waals surface area contributed by atoms with Crippen LogP contribution < -0.4 is 0 Å². The fraction of sp³-hybridized carbons (Fsp3) is 0.417. The second kappa shape index (κ2) is 9.59. The van der Waals surface area contributed by atoms with E-state index in [4.69, 9.17) is 5.11 Å². The molecule has 0 aliphatic heterocycles. The Kier molecular flexibility index (Phi) is 8.98. The molecule has 0 aliphatic rings. The molecular weight excluding hydrogens is 208 g/mol. The summed E-state index contributed by atoms with van der Waals surface area (Å²) in [6.45, 7) is 4.00. The van der Waals surface area contributed by atoms with Gasteiger partial charge in [0, 0.05) is 11.3 Å². The van der Waals surface area contributed by atoms with Crippen LogP contribution in [0.4, 0.5) is 0 Å². The lowest BCUT2D eigenvalue weighted by atomic mass is 10.3. The molecule has 1 aromatic carbocycles. The largest absolute Gasteiger partial charge is 0.481 e. The van der Waals surface area contributed by atoms with Crippen LogP contribution in [0, 0.1) is 0 Å². The molecule has 0 bridgehead atoms. The lowest BCUT2D eigenvalue weighted by Gasteiger charge is -1.98. The van der Waals surface area contributed by atoms with Gasteiger partial charge in [-0.05, 0) is 24.3 Å². The molecule has 0 heterocycles. The van der Waals surface area contributed by atoms with E-state index in [0.29, 0.717) is 0 Å².